The van der Waals surface area contributed by atoms with E-state index in [9.17, 15) is 4.79 Å². The molecule has 1 unspecified atom stereocenters. The van der Waals surface area contributed by atoms with Gasteiger partial charge in [-0.1, -0.05) is 19.9 Å². The van der Waals surface area contributed by atoms with Gasteiger partial charge in [0.1, 0.15) is 6.10 Å². The van der Waals surface area contributed by atoms with Crippen LogP contribution in [0.1, 0.15) is 34.1 Å². The molecule has 0 fully saturated rings. The minimum atomic E-state index is -0.209. The van der Waals surface area contributed by atoms with Crippen LogP contribution < -0.4 is 0 Å². The lowest BCUT2D eigenvalue weighted by molar-refractivity contribution is -0.144. The number of esters is 1. The van der Waals surface area contributed by atoms with E-state index in [0.29, 0.717) is 5.92 Å². The van der Waals surface area contributed by atoms with Gasteiger partial charge in [-0.2, -0.15) is 0 Å². The number of rotatable bonds is 4. The fourth-order valence-corrected chi connectivity index (χ4v) is 1.06. The predicted octanol–water partition coefficient (Wildman–Crippen LogP) is 2.54. The summed E-state index contributed by atoms with van der Waals surface area (Å²) in [5.74, 6) is 0.337. The molecule has 1 atom stereocenters. The molecule has 2 heteroatoms. The van der Waals surface area contributed by atoms with Crippen LogP contribution in [-0.2, 0) is 9.53 Å². The van der Waals surface area contributed by atoms with Crippen molar-refractivity contribution in [2.75, 3.05) is 0 Å². The molecular formula is C10H18O2. The highest BCUT2D eigenvalue weighted by molar-refractivity contribution is 5.66. The summed E-state index contributed by atoms with van der Waals surface area (Å²) in [4.78, 5) is 10.7. The molecule has 12 heavy (non-hydrogen) atoms. The van der Waals surface area contributed by atoms with Crippen molar-refractivity contribution in [3.63, 3.8) is 0 Å². The summed E-state index contributed by atoms with van der Waals surface area (Å²) in [7, 11) is 0. The van der Waals surface area contributed by atoms with Gasteiger partial charge in [-0.15, -0.1) is 0 Å². The zero-order valence-corrected chi connectivity index (χ0v) is 8.33. The molecule has 0 N–H and O–H groups in total. The lowest BCUT2D eigenvalue weighted by atomic mass is 10.1. The van der Waals surface area contributed by atoms with E-state index >= 15 is 0 Å². The van der Waals surface area contributed by atoms with E-state index in [2.05, 4.69) is 13.8 Å². The first-order chi connectivity index (χ1) is 5.56. The van der Waals surface area contributed by atoms with Crippen LogP contribution in [0.25, 0.3) is 0 Å². The highest BCUT2D eigenvalue weighted by atomic mass is 16.5. The molecule has 0 bridgehead atoms. The molecule has 0 spiro atoms. The Morgan fingerprint density at radius 3 is 2.42 bits per heavy atom. The van der Waals surface area contributed by atoms with E-state index < -0.39 is 0 Å². The van der Waals surface area contributed by atoms with Gasteiger partial charge in [0.05, 0.1) is 0 Å². The molecule has 0 aromatic rings. The highest BCUT2D eigenvalue weighted by Gasteiger charge is 2.09. The third kappa shape index (κ3) is 5.96. The molecule has 0 heterocycles. The molecule has 0 amide bonds. The minimum absolute atomic E-state index is 0.0486. The molecule has 0 saturated heterocycles. The van der Waals surface area contributed by atoms with Crippen molar-refractivity contribution in [3.8, 4) is 0 Å². The van der Waals surface area contributed by atoms with Gasteiger partial charge in [0, 0.05) is 6.92 Å². The average Bonchev–Trinajstić information content (AvgIpc) is 1.84. The van der Waals surface area contributed by atoms with Gasteiger partial charge in [0.25, 0.3) is 0 Å². The number of hydrogen-bond donors (Lipinski definition) is 0. The number of allylic oxidation sites excluding steroid dienone is 1. The van der Waals surface area contributed by atoms with Crippen molar-refractivity contribution < 1.29 is 9.53 Å². The first kappa shape index (κ1) is 11.2. The largest absolute Gasteiger partial charge is 0.458 e. The SMILES string of the molecule is CC=CC(CC(C)C)OC(C)=O. The lowest BCUT2D eigenvalue weighted by Crippen LogP contribution is -2.15. The first-order valence-corrected chi connectivity index (χ1v) is 4.36. The summed E-state index contributed by atoms with van der Waals surface area (Å²) in [5.41, 5.74) is 0. The van der Waals surface area contributed by atoms with Crippen molar-refractivity contribution >= 4 is 5.97 Å². The Labute approximate surface area is 74.6 Å². The van der Waals surface area contributed by atoms with Crippen LogP contribution in [0.15, 0.2) is 12.2 Å². The fourth-order valence-electron chi connectivity index (χ4n) is 1.06. The van der Waals surface area contributed by atoms with Gasteiger partial charge >= 0.3 is 5.97 Å². The van der Waals surface area contributed by atoms with Crippen LogP contribution in [-0.4, -0.2) is 12.1 Å². The molecule has 0 aliphatic carbocycles. The Balaban J connectivity index is 3.95. The molecule has 2 nitrogen and oxygen atoms in total. The molecule has 0 aliphatic heterocycles. The summed E-state index contributed by atoms with van der Waals surface area (Å²) in [6.45, 7) is 7.59. The maximum atomic E-state index is 10.7. The average molecular weight is 170 g/mol. The molecular weight excluding hydrogens is 152 g/mol. The number of hydrogen-bond acceptors (Lipinski definition) is 2. The van der Waals surface area contributed by atoms with Crippen LogP contribution in [0.3, 0.4) is 0 Å². The first-order valence-electron chi connectivity index (χ1n) is 4.36. The van der Waals surface area contributed by atoms with Crippen LogP contribution in [0, 0.1) is 5.92 Å². The van der Waals surface area contributed by atoms with Gasteiger partial charge in [-0.05, 0) is 25.3 Å². The second-order valence-electron chi connectivity index (χ2n) is 3.30. The van der Waals surface area contributed by atoms with E-state index in [1.165, 1.54) is 6.92 Å². The maximum absolute atomic E-state index is 10.7. The number of ether oxygens (including phenoxy) is 1. The number of carbonyl (C=O) groups excluding carboxylic acids is 1. The smallest absolute Gasteiger partial charge is 0.303 e. The van der Waals surface area contributed by atoms with Crippen molar-refractivity contribution in [3.05, 3.63) is 12.2 Å². The van der Waals surface area contributed by atoms with Crippen molar-refractivity contribution in [1.29, 1.82) is 0 Å². The van der Waals surface area contributed by atoms with Gasteiger partial charge < -0.3 is 4.74 Å². The standard InChI is InChI=1S/C10H18O2/c1-5-6-10(7-8(2)3)12-9(4)11/h5-6,8,10H,7H2,1-4H3. The molecule has 70 valence electrons. The molecule has 0 saturated carbocycles. The van der Waals surface area contributed by atoms with E-state index in [1.807, 2.05) is 19.1 Å². The zero-order chi connectivity index (χ0) is 9.56. The van der Waals surface area contributed by atoms with Crippen molar-refractivity contribution in [2.45, 2.75) is 40.2 Å². The second-order valence-corrected chi connectivity index (χ2v) is 3.30. The summed E-state index contributed by atoms with van der Waals surface area (Å²) >= 11 is 0. The van der Waals surface area contributed by atoms with Gasteiger partial charge in [-0.3, -0.25) is 4.79 Å². The summed E-state index contributed by atoms with van der Waals surface area (Å²) in [5, 5.41) is 0. The topological polar surface area (TPSA) is 26.3 Å². The fraction of sp³-hybridized carbons (Fsp3) is 0.700. The molecule has 0 aromatic carbocycles. The summed E-state index contributed by atoms with van der Waals surface area (Å²) < 4.78 is 5.08. The Morgan fingerprint density at radius 2 is 2.08 bits per heavy atom. The van der Waals surface area contributed by atoms with Crippen LogP contribution in [0.2, 0.25) is 0 Å². The molecule has 0 radical (unpaired) electrons. The Bertz CT molecular complexity index is 159. The van der Waals surface area contributed by atoms with Crippen molar-refractivity contribution in [2.24, 2.45) is 5.92 Å². The van der Waals surface area contributed by atoms with Crippen LogP contribution in [0.5, 0.6) is 0 Å². The molecule has 0 aliphatic rings. The van der Waals surface area contributed by atoms with E-state index in [0.717, 1.165) is 6.42 Å². The minimum Gasteiger partial charge on any atom is -0.458 e. The van der Waals surface area contributed by atoms with E-state index in [-0.39, 0.29) is 12.1 Å². The second kappa shape index (κ2) is 5.81. The molecule has 0 rings (SSSR count). The third-order valence-corrected chi connectivity index (χ3v) is 1.43. The predicted molar refractivity (Wildman–Crippen MR) is 49.8 cm³/mol. The van der Waals surface area contributed by atoms with Crippen LogP contribution in [0.4, 0.5) is 0 Å². The van der Waals surface area contributed by atoms with E-state index in [1.54, 1.807) is 0 Å². The Hall–Kier alpha value is -0.790. The molecule has 0 aromatic heterocycles. The van der Waals surface area contributed by atoms with Gasteiger partial charge in [-0.25, -0.2) is 0 Å². The van der Waals surface area contributed by atoms with E-state index in [4.69, 9.17) is 4.74 Å². The van der Waals surface area contributed by atoms with Crippen molar-refractivity contribution in [1.82, 2.24) is 0 Å². The Kier molecular flexibility index (Phi) is 5.43. The highest BCUT2D eigenvalue weighted by Crippen LogP contribution is 2.09. The maximum Gasteiger partial charge on any atom is 0.303 e. The van der Waals surface area contributed by atoms with Crippen LogP contribution >= 0.6 is 0 Å². The Morgan fingerprint density at radius 1 is 1.50 bits per heavy atom. The monoisotopic (exact) mass is 170 g/mol. The zero-order valence-electron chi connectivity index (χ0n) is 8.33. The van der Waals surface area contributed by atoms with Gasteiger partial charge in [0.15, 0.2) is 0 Å². The summed E-state index contributed by atoms with van der Waals surface area (Å²) in [6, 6.07) is 0. The third-order valence-electron chi connectivity index (χ3n) is 1.43. The lowest BCUT2D eigenvalue weighted by Gasteiger charge is -2.14. The van der Waals surface area contributed by atoms with Gasteiger partial charge in [0.2, 0.25) is 0 Å². The number of carbonyl (C=O) groups is 1. The summed E-state index contributed by atoms with van der Waals surface area (Å²) in [6.07, 6.45) is 4.67. The normalized spacial score (nSPS) is 13.8. The quantitative estimate of drug-likeness (QED) is 0.478.